The second-order valence-corrected chi connectivity index (χ2v) is 3.98. The molecule has 1 atom stereocenters. The van der Waals surface area contributed by atoms with Gasteiger partial charge in [0.05, 0.1) is 20.3 Å². The standard InChI is InChI=1S/C13H17NO3/c1-16-13(15)12(11-5-3-2-4-6-11)14-7-9-17-10-8-14/h2-6,12H,7-10H2,1H3/t12-/m0/s1. The van der Waals surface area contributed by atoms with Crippen molar-refractivity contribution in [3.8, 4) is 0 Å². The van der Waals surface area contributed by atoms with Crippen LogP contribution in [0.3, 0.4) is 0 Å². The molecule has 0 amide bonds. The number of nitrogens with zero attached hydrogens (tertiary/aromatic N) is 1. The van der Waals surface area contributed by atoms with Crippen LogP contribution in [0.15, 0.2) is 30.3 Å². The van der Waals surface area contributed by atoms with Crippen molar-refractivity contribution in [3.05, 3.63) is 35.9 Å². The van der Waals surface area contributed by atoms with Crippen LogP contribution in [-0.2, 0) is 14.3 Å². The van der Waals surface area contributed by atoms with E-state index in [1.165, 1.54) is 7.11 Å². The number of ether oxygens (including phenoxy) is 2. The van der Waals surface area contributed by atoms with Crippen LogP contribution in [0.4, 0.5) is 0 Å². The fourth-order valence-electron chi connectivity index (χ4n) is 2.08. The van der Waals surface area contributed by atoms with Gasteiger partial charge in [0, 0.05) is 13.1 Å². The van der Waals surface area contributed by atoms with Crippen molar-refractivity contribution in [1.29, 1.82) is 0 Å². The Labute approximate surface area is 101 Å². The van der Waals surface area contributed by atoms with Crippen molar-refractivity contribution >= 4 is 5.97 Å². The van der Waals surface area contributed by atoms with E-state index in [9.17, 15) is 4.79 Å². The molecule has 1 fully saturated rings. The number of hydrogen-bond acceptors (Lipinski definition) is 4. The molecule has 0 spiro atoms. The van der Waals surface area contributed by atoms with Gasteiger partial charge in [-0.1, -0.05) is 30.3 Å². The van der Waals surface area contributed by atoms with Crippen LogP contribution in [0, 0.1) is 0 Å². The molecule has 1 aliphatic rings. The first kappa shape index (κ1) is 12.1. The van der Waals surface area contributed by atoms with Gasteiger partial charge in [-0.15, -0.1) is 0 Å². The molecule has 17 heavy (non-hydrogen) atoms. The monoisotopic (exact) mass is 235 g/mol. The highest BCUT2D eigenvalue weighted by molar-refractivity contribution is 5.77. The van der Waals surface area contributed by atoms with Crippen LogP contribution < -0.4 is 0 Å². The first-order valence-electron chi connectivity index (χ1n) is 5.77. The quantitative estimate of drug-likeness (QED) is 0.739. The van der Waals surface area contributed by atoms with E-state index in [1.807, 2.05) is 30.3 Å². The molecule has 0 aliphatic carbocycles. The Bertz CT molecular complexity index is 360. The van der Waals surface area contributed by atoms with Crippen molar-refractivity contribution in [3.63, 3.8) is 0 Å². The molecule has 92 valence electrons. The predicted molar refractivity (Wildman–Crippen MR) is 63.6 cm³/mol. The molecule has 1 saturated heterocycles. The lowest BCUT2D eigenvalue weighted by atomic mass is 10.1. The predicted octanol–water partition coefficient (Wildman–Crippen LogP) is 1.23. The molecule has 1 heterocycles. The van der Waals surface area contributed by atoms with Gasteiger partial charge in [-0.05, 0) is 5.56 Å². The Morgan fingerprint density at radius 1 is 1.29 bits per heavy atom. The molecule has 0 aromatic heterocycles. The molecular weight excluding hydrogens is 218 g/mol. The number of rotatable bonds is 3. The summed E-state index contributed by atoms with van der Waals surface area (Å²) in [6, 6.07) is 9.41. The Hall–Kier alpha value is -1.39. The van der Waals surface area contributed by atoms with Crippen molar-refractivity contribution in [2.45, 2.75) is 6.04 Å². The van der Waals surface area contributed by atoms with E-state index < -0.39 is 0 Å². The minimum Gasteiger partial charge on any atom is -0.468 e. The van der Waals surface area contributed by atoms with E-state index in [1.54, 1.807) is 0 Å². The second kappa shape index (κ2) is 5.80. The van der Waals surface area contributed by atoms with Crippen molar-refractivity contribution in [2.24, 2.45) is 0 Å². The average molecular weight is 235 g/mol. The van der Waals surface area contributed by atoms with Gasteiger partial charge in [-0.2, -0.15) is 0 Å². The summed E-state index contributed by atoms with van der Waals surface area (Å²) in [5.41, 5.74) is 0.973. The minimum absolute atomic E-state index is 0.210. The Kier molecular flexibility index (Phi) is 4.12. The SMILES string of the molecule is COC(=O)[C@H](c1ccccc1)N1CCOCC1. The van der Waals surface area contributed by atoms with Gasteiger partial charge in [0.15, 0.2) is 0 Å². The van der Waals surface area contributed by atoms with Crippen LogP contribution in [0.2, 0.25) is 0 Å². The van der Waals surface area contributed by atoms with E-state index >= 15 is 0 Å². The maximum absolute atomic E-state index is 11.9. The summed E-state index contributed by atoms with van der Waals surface area (Å²) >= 11 is 0. The highest BCUT2D eigenvalue weighted by Gasteiger charge is 2.29. The fourth-order valence-corrected chi connectivity index (χ4v) is 2.08. The maximum atomic E-state index is 11.9. The second-order valence-electron chi connectivity index (χ2n) is 3.98. The van der Waals surface area contributed by atoms with E-state index in [0.29, 0.717) is 13.2 Å². The van der Waals surface area contributed by atoms with E-state index in [2.05, 4.69) is 4.90 Å². The third-order valence-electron chi connectivity index (χ3n) is 2.95. The number of carbonyl (C=O) groups is 1. The van der Waals surface area contributed by atoms with E-state index in [4.69, 9.17) is 9.47 Å². The van der Waals surface area contributed by atoms with Crippen molar-refractivity contribution in [2.75, 3.05) is 33.4 Å². The molecule has 0 unspecified atom stereocenters. The lowest BCUT2D eigenvalue weighted by Gasteiger charge is -2.32. The molecule has 1 aliphatic heterocycles. The summed E-state index contributed by atoms with van der Waals surface area (Å²) in [6.45, 7) is 2.85. The number of esters is 1. The largest absolute Gasteiger partial charge is 0.468 e. The first-order chi connectivity index (χ1) is 8.33. The van der Waals surface area contributed by atoms with Crippen LogP contribution in [-0.4, -0.2) is 44.3 Å². The van der Waals surface area contributed by atoms with Crippen LogP contribution in [0.5, 0.6) is 0 Å². The lowest BCUT2D eigenvalue weighted by molar-refractivity contribution is -0.149. The van der Waals surface area contributed by atoms with Gasteiger partial charge in [0.1, 0.15) is 6.04 Å². The van der Waals surface area contributed by atoms with E-state index in [-0.39, 0.29) is 12.0 Å². The average Bonchev–Trinajstić information content (AvgIpc) is 2.41. The Morgan fingerprint density at radius 3 is 2.53 bits per heavy atom. The number of benzene rings is 1. The summed E-state index contributed by atoms with van der Waals surface area (Å²) in [5, 5.41) is 0. The highest BCUT2D eigenvalue weighted by atomic mass is 16.5. The Morgan fingerprint density at radius 2 is 1.94 bits per heavy atom. The van der Waals surface area contributed by atoms with Gasteiger partial charge in [-0.25, -0.2) is 4.79 Å². The van der Waals surface area contributed by atoms with Gasteiger partial charge >= 0.3 is 5.97 Å². The van der Waals surface area contributed by atoms with Crippen LogP contribution in [0.25, 0.3) is 0 Å². The summed E-state index contributed by atoms with van der Waals surface area (Å²) in [7, 11) is 1.43. The molecule has 0 N–H and O–H groups in total. The summed E-state index contributed by atoms with van der Waals surface area (Å²) in [4.78, 5) is 14.0. The zero-order valence-electron chi connectivity index (χ0n) is 9.96. The molecule has 0 bridgehead atoms. The highest BCUT2D eigenvalue weighted by Crippen LogP contribution is 2.22. The smallest absolute Gasteiger partial charge is 0.327 e. The number of carbonyl (C=O) groups excluding carboxylic acids is 1. The van der Waals surface area contributed by atoms with Crippen LogP contribution >= 0.6 is 0 Å². The third kappa shape index (κ3) is 2.84. The van der Waals surface area contributed by atoms with Crippen molar-refractivity contribution in [1.82, 2.24) is 4.90 Å². The topological polar surface area (TPSA) is 38.8 Å². The molecule has 1 aromatic carbocycles. The van der Waals surface area contributed by atoms with Gasteiger partial charge < -0.3 is 9.47 Å². The maximum Gasteiger partial charge on any atom is 0.327 e. The Balaban J connectivity index is 2.21. The lowest BCUT2D eigenvalue weighted by Crippen LogP contribution is -2.42. The molecule has 4 nitrogen and oxygen atoms in total. The summed E-state index contributed by atoms with van der Waals surface area (Å²) < 4.78 is 10.2. The van der Waals surface area contributed by atoms with Crippen molar-refractivity contribution < 1.29 is 14.3 Å². The van der Waals surface area contributed by atoms with Crippen LogP contribution in [0.1, 0.15) is 11.6 Å². The van der Waals surface area contributed by atoms with E-state index in [0.717, 1.165) is 18.7 Å². The molecule has 0 saturated carbocycles. The minimum atomic E-state index is -0.315. The van der Waals surface area contributed by atoms with Gasteiger partial charge in [0.25, 0.3) is 0 Å². The fraction of sp³-hybridized carbons (Fsp3) is 0.462. The zero-order chi connectivity index (χ0) is 12.1. The molecule has 4 heteroatoms. The molecule has 0 radical (unpaired) electrons. The zero-order valence-corrected chi connectivity index (χ0v) is 9.96. The summed E-state index contributed by atoms with van der Waals surface area (Å²) in [5.74, 6) is -0.210. The molecule has 2 rings (SSSR count). The first-order valence-corrected chi connectivity index (χ1v) is 5.77. The number of morpholine rings is 1. The number of methoxy groups -OCH3 is 1. The number of hydrogen-bond donors (Lipinski definition) is 0. The van der Waals surface area contributed by atoms with Gasteiger partial charge in [0.2, 0.25) is 0 Å². The third-order valence-corrected chi connectivity index (χ3v) is 2.95. The normalized spacial score (nSPS) is 18.6. The summed E-state index contributed by atoms with van der Waals surface area (Å²) in [6.07, 6.45) is 0. The van der Waals surface area contributed by atoms with Gasteiger partial charge in [-0.3, -0.25) is 4.90 Å². The molecular formula is C13H17NO3. The molecule has 1 aromatic rings.